The van der Waals surface area contributed by atoms with E-state index >= 15 is 0 Å². The highest BCUT2D eigenvalue weighted by Crippen LogP contribution is 2.44. The minimum Gasteiger partial charge on any atom is -0.248 e. The van der Waals surface area contributed by atoms with Gasteiger partial charge in [0.1, 0.15) is 0 Å². The van der Waals surface area contributed by atoms with Crippen molar-refractivity contribution >= 4 is 43.6 Å². The molecule has 0 fully saturated rings. The van der Waals surface area contributed by atoms with Gasteiger partial charge in [-0.25, -0.2) is 9.97 Å². The first-order valence-corrected chi connectivity index (χ1v) is 13.2. The summed E-state index contributed by atoms with van der Waals surface area (Å²) in [6, 6.07) is 35.2. The van der Waals surface area contributed by atoms with Crippen LogP contribution >= 0.6 is 0 Å². The lowest BCUT2D eigenvalue weighted by atomic mass is 9.86. The molecule has 0 spiro atoms. The van der Waals surface area contributed by atoms with Crippen LogP contribution < -0.4 is 0 Å². The topological polar surface area (TPSA) is 25.8 Å². The lowest BCUT2D eigenvalue weighted by Crippen LogP contribution is -1.95. The van der Waals surface area contributed by atoms with Crippen molar-refractivity contribution in [3.8, 4) is 22.3 Å². The zero-order valence-electron chi connectivity index (χ0n) is 22.1. The van der Waals surface area contributed by atoms with Crippen LogP contribution in [0.3, 0.4) is 0 Å². The molecule has 0 aliphatic heterocycles. The first-order chi connectivity index (χ1) is 18.5. The quantitative estimate of drug-likeness (QED) is 0.226. The molecule has 7 rings (SSSR count). The van der Waals surface area contributed by atoms with Crippen LogP contribution in [0.2, 0.25) is 0 Å². The van der Waals surface area contributed by atoms with Crippen molar-refractivity contribution in [1.82, 2.24) is 9.97 Å². The van der Waals surface area contributed by atoms with Gasteiger partial charge < -0.3 is 0 Å². The zero-order chi connectivity index (χ0) is 26.0. The van der Waals surface area contributed by atoms with E-state index in [1.165, 1.54) is 66.1 Å². The Morgan fingerprint density at radius 3 is 0.947 bits per heavy atom. The second kappa shape index (κ2) is 8.49. The van der Waals surface area contributed by atoms with Crippen LogP contribution in [0, 0.1) is 27.7 Å². The lowest BCUT2D eigenvalue weighted by molar-refractivity contribution is 1.43. The van der Waals surface area contributed by atoms with Crippen LogP contribution in [0.15, 0.2) is 97.1 Å². The van der Waals surface area contributed by atoms with Crippen molar-refractivity contribution < 1.29 is 0 Å². The molecule has 0 unspecified atom stereocenters. The van der Waals surface area contributed by atoms with Gasteiger partial charge >= 0.3 is 0 Å². The molecular formula is C36H28N2. The fraction of sp³-hybridized carbons (Fsp3) is 0.111. The number of benzene rings is 5. The monoisotopic (exact) mass is 488 g/mol. The van der Waals surface area contributed by atoms with E-state index in [0.717, 1.165) is 22.1 Å². The average Bonchev–Trinajstić information content (AvgIpc) is 2.91. The summed E-state index contributed by atoms with van der Waals surface area (Å²) in [5.41, 5.74) is 13.9. The standard InChI is InChI=1S/C36H28N2/c1-21-9-13-31-27(17-21)35(28-18-22(2)10-14-32(28)37-31)25-7-5-6-8-26(25)36-29-19-23(3)11-15-33(29)38-34-16-12-24(4)20-30(34)36/h5-20H,1-4H3. The lowest BCUT2D eigenvalue weighted by Gasteiger charge is -2.19. The van der Waals surface area contributed by atoms with E-state index in [1.807, 2.05) is 0 Å². The van der Waals surface area contributed by atoms with Crippen LogP contribution in [0.1, 0.15) is 22.3 Å². The number of pyridine rings is 2. The first-order valence-electron chi connectivity index (χ1n) is 13.2. The van der Waals surface area contributed by atoms with E-state index in [9.17, 15) is 0 Å². The van der Waals surface area contributed by atoms with E-state index in [4.69, 9.17) is 9.97 Å². The third-order valence-electron chi connectivity index (χ3n) is 7.63. The third-order valence-corrected chi connectivity index (χ3v) is 7.63. The van der Waals surface area contributed by atoms with E-state index in [0.29, 0.717) is 0 Å². The van der Waals surface area contributed by atoms with E-state index < -0.39 is 0 Å². The number of aromatic nitrogens is 2. The second-order valence-corrected chi connectivity index (χ2v) is 10.6. The molecule has 0 radical (unpaired) electrons. The van der Waals surface area contributed by atoms with E-state index in [2.05, 4.69) is 125 Å². The minimum atomic E-state index is 1.02. The van der Waals surface area contributed by atoms with Crippen LogP contribution in [-0.2, 0) is 0 Å². The van der Waals surface area contributed by atoms with Crippen molar-refractivity contribution in [2.24, 2.45) is 0 Å². The van der Waals surface area contributed by atoms with Gasteiger partial charge in [-0.1, -0.05) is 70.8 Å². The molecule has 0 N–H and O–H groups in total. The van der Waals surface area contributed by atoms with Gasteiger partial charge in [-0.2, -0.15) is 0 Å². The van der Waals surface area contributed by atoms with Gasteiger partial charge in [-0.3, -0.25) is 0 Å². The number of nitrogens with zero attached hydrogens (tertiary/aromatic N) is 2. The summed E-state index contributed by atoms with van der Waals surface area (Å²) in [4.78, 5) is 10.1. The molecule has 0 bridgehead atoms. The molecule has 7 aromatic rings. The Hall–Kier alpha value is -4.56. The van der Waals surface area contributed by atoms with Gasteiger partial charge in [0, 0.05) is 32.7 Å². The summed E-state index contributed by atoms with van der Waals surface area (Å²) < 4.78 is 0. The fourth-order valence-corrected chi connectivity index (χ4v) is 5.84. The van der Waals surface area contributed by atoms with Gasteiger partial charge in [0.05, 0.1) is 22.1 Å². The van der Waals surface area contributed by atoms with Gasteiger partial charge in [-0.05, 0) is 87.4 Å². The first kappa shape index (κ1) is 22.6. The number of aryl methyl sites for hydroxylation is 4. The third kappa shape index (κ3) is 3.56. The van der Waals surface area contributed by atoms with Crippen molar-refractivity contribution in [2.45, 2.75) is 27.7 Å². The Bertz CT molecular complexity index is 1800. The number of hydrogen-bond acceptors (Lipinski definition) is 2. The summed E-state index contributed by atoms with van der Waals surface area (Å²) in [5, 5.41) is 4.74. The second-order valence-electron chi connectivity index (χ2n) is 10.6. The number of rotatable bonds is 2. The summed E-state index contributed by atoms with van der Waals surface area (Å²) in [7, 11) is 0. The normalized spacial score (nSPS) is 11.7. The molecule has 38 heavy (non-hydrogen) atoms. The molecule has 0 atom stereocenters. The SMILES string of the molecule is Cc1ccc2nc3ccc(C)cc3c(-c3ccccc3-c3c4cc(C)ccc4nc4ccc(C)cc34)c2c1. The molecule has 2 aromatic heterocycles. The largest absolute Gasteiger partial charge is 0.248 e. The summed E-state index contributed by atoms with van der Waals surface area (Å²) in [6.07, 6.45) is 0. The van der Waals surface area contributed by atoms with E-state index in [-0.39, 0.29) is 0 Å². The summed E-state index contributed by atoms with van der Waals surface area (Å²) in [6.45, 7) is 8.63. The highest BCUT2D eigenvalue weighted by molar-refractivity contribution is 6.17. The van der Waals surface area contributed by atoms with Crippen LogP contribution in [0.25, 0.3) is 65.9 Å². The molecule has 5 aromatic carbocycles. The molecule has 0 saturated carbocycles. The van der Waals surface area contributed by atoms with Gasteiger partial charge in [-0.15, -0.1) is 0 Å². The van der Waals surface area contributed by atoms with Crippen molar-refractivity contribution in [2.75, 3.05) is 0 Å². The van der Waals surface area contributed by atoms with Crippen molar-refractivity contribution in [3.63, 3.8) is 0 Å². The Kier molecular flexibility index (Phi) is 5.06. The molecule has 182 valence electrons. The highest BCUT2D eigenvalue weighted by Gasteiger charge is 2.19. The molecule has 2 heteroatoms. The average molecular weight is 489 g/mol. The fourth-order valence-electron chi connectivity index (χ4n) is 5.84. The van der Waals surface area contributed by atoms with Gasteiger partial charge in [0.2, 0.25) is 0 Å². The van der Waals surface area contributed by atoms with Crippen LogP contribution in [-0.4, -0.2) is 9.97 Å². The maximum atomic E-state index is 5.06. The number of hydrogen-bond donors (Lipinski definition) is 0. The van der Waals surface area contributed by atoms with Gasteiger partial charge in [0.15, 0.2) is 0 Å². The van der Waals surface area contributed by atoms with Crippen molar-refractivity contribution in [3.05, 3.63) is 119 Å². The van der Waals surface area contributed by atoms with Crippen molar-refractivity contribution in [1.29, 1.82) is 0 Å². The summed E-state index contributed by atoms with van der Waals surface area (Å²) >= 11 is 0. The Morgan fingerprint density at radius 2 is 0.658 bits per heavy atom. The molecule has 0 amide bonds. The maximum Gasteiger partial charge on any atom is 0.0716 e. The predicted octanol–water partition coefficient (Wildman–Crippen LogP) is 9.66. The molecule has 0 aliphatic rings. The molecule has 0 aliphatic carbocycles. The Morgan fingerprint density at radius 1 is 0.368 bits per heavy atom. The minimum absolute atomic E-state index is 1.02. The van der Waals surface area contributed by atoms with Crippen LogP contribution in [0.5, 0.6) is 0 Å². The van der Waals surface area contributed by atoms with Gasteiger partial charge in [0.25, 0.3) is 0 Å². The molecular weight excluding hydrogens is 460 g/mol. The molecule has 2 heterocycles. The zero-order valence-corrected chi connectivity index (χ0v) is 22.1. The Balaban J connectivity index is 1.70. The summed E-state index contributed by atoms with van der Waals surface area (Å²) in [5.74, 6) is 0. The number of fused-ring (bicyclic) bond motifs is 4. The molecule has 2 nitrogen and oxygen atoms in total. The maximum absolute atomic E-state index is 5.06. The Labute approximate surface area is 222 Å². The molecule has 0 saturated heterocycles. The highest BCUT2D eigenvalue weighted by atomic mass is 14.7. The predicted molar refractivity (Wildman–Crippen MR) is 162 cm³/mol. The van der Waals surface area contributed by atoms with Crippen LogP contribution in [0.4, 0.5) is 0 Å². The van der Waals surface area contributed by atoms with E-state index in [1.54, 1.807) is 0 Å². The smallest absolute Gasteiger partial charge is 0.0716 e.